The Hall–Kier alpha value is -1.83. The van der Waals surface area contributed by atoms with Gasteiger partial charge in [0.1, 0.15) is 0 Å². The summed E-state index contributed by atoms with van der Waals surface area (Å²) in [5.74, 6) is 0. The molecule has 1 aromatic heterocycles. The minimum absolute atomic E-state index is 0.577. The average molecular weight is 212 g/mol. The number of pyridine rings is 1. The number of aromatic nitrogens is 1. The molecule has 2 rings (SSSR count). The van der Waals surface area contributed by atoms with Gasteiger partial charge < -0.3 is 9.98 Å². The van der Waals surface area contributed by atoms with Gasteiger partial charge in [-0.2, -0.15) is 0 Å². The normalized spacial score (nSPS) is 10.3. The molecule has 2 heteroatoms. The molecule has 0 saturated carbocycles. The molecule has 2 aromatic rings. The van der Waals surface area contributed by atoms with E-state index >= 15 is 0 Å². The SMILES string of the molecule is Cc1cc(=N)ccn1CCc1ccccc1. The second-order valence-corrected chi connectivity index (χ2v) is 3.99. The van der Waals surface area contributed by atoms with Crippen LogP contribution in [0.2, 0.25) is 0 Å². The summed E-state index contributed by atoms with van der Waals surface area (Å²) in [7, 11) is 0. The van der Waals surface area contributed by atoms with Gasteiger partial charge in [-0.15, -0.1) is 0 Å². The highest BCUT2D eigenvalue weighted by Crippen LogP contribution is 2.03. The molecule has 0 aliphatic heterocycles. The second kappa shape index (κ2) is 4.79. The molecular formula is C14H16N2. The van der Waals surface area contributed by atoms with E-state index in [9.17, 15) is 0 Å². The maximum atomic E-state index is 7.52. The fraction of sp³-hybridized carbons (Fsp3) is 0.214. The lowest BCUT2D eigenvalue weighted by Crippen LogP contribution is -2.10. The Kier molecular flexibility index (Phi) is 3.20. The lowest BCUT2D eigenvalue weighted by Gasteiger charge is -2.10. The summed E-state index contributed by atoms with van der Waals surface area (Å²) in [5, 5.41) is 8.09. The number of rotatable bonds is 3. The number of aryl methyl sites for hydroxylation is 3. The van der Waals surface area contributed by atoms with Crippen molar-refractivity contribution in [2.24, 2.45) is 0 Å². The monoisotopic (exact) mass is 212 g/mol. The van der Waals surface area contributed by atoms with E-state index in [4.69, 9.17) is 5.41 Å². The number of benzene rings is 1. The fourth-order valence-corrected chi connectivity index (χ4v) is 1.79. The van der Waals surface area contributed by atoms with Gasteiger partial charge in [0.2, 0.25) is 0 Å². The van der Waals surface area contributed by atoms with Crippen molar-refractivity contribution >= 4 is 0 Å². The minimum atomic E-state index is 0.577. The van der Waals surface area contributed by atoms with Crippen molar-refractivity contribution in [3.8, 4) is 0 Å². The summed E-state index contributed by atoms with van der Waals surface area (Å²) in [4.78, 5) is 0. The van der Waals surface area contributed by atoms with Crippen molar-refractivity contribution in [1.82, 2.24) is 4.57 Å². The third kappa shape index (κ3) is 2.60. The maximum absolute atomic E-state index is 7.52. The van der Waals surface area contributed by atoms with Gasteiger partial charge >= 0.3 is 0 Å². The van der Waals surface area contributed by atoms with Crippen molar-refractivity contribution in [3.63, 3.8) is 0 Å². The van der Waals surface area contributed by atoms with E-state index in [-0.39, 0.29) is 0 Å². The van der Waals surface area contributed by atoms with Gasteiger partial charge in [-0.05, 0) is 31.0 Å². The smallest absolute Gasteiger partial charge is 0.0571 e. The van der Waals surface area contributed by atoms with Crippen LogP contribution in [0.5, 0.6) is 0 Å². The average Bonchev–Trinajstić information content (AvgIpc) is 2.29. The van der Waals surface area contributed by atoms with Crippen LogP contribution in [-0.2, 0) is 13.0 Å². The summed E-state index contributed by atoms with van der Waals surface area (Å²) >= 11 is 0. The molecular weight excluding hydrogens is 196 g/mol. The first kappa shape index (κ1) is 10.7. The second-order valence-electron chi connectivity index (χ2n) is 3.99. The third-order valence-electron chi connectivity index (χ3n) is 2.74. The van der Waals surface area contributed by atoms with Crippen molar-refractivity contribution < 1.29 is 0 Å². The summed E-state index contributed by atoms with van der Waals surface area (Å²) in [5.41, 5.74) is 2.49. The summed E-state index contributed by atoms with van der Waals surface area (Å²) in [6, 6.07) is 14.2. The van der Waals surface area contributed by atoms with Gasteiger partial charge in [0.15, 0.2) is 0 Å². The van der Waals surface area contributed by atoms with Gasteiger partial charge in [0.25, 0.3) is 0 Å². The highest BCUT2D eigenvalue weighted by Gasteiger charge is 1.95. The molecule has 16 heavy (non-hydrogen) atoms. The Labute approximate surface area is 95.7 Å². The summed E-state index contributed by atoms with van der Waals surface area (Å²) in [6.45, 7) is 3.01. The minimum Gasteiger partial charge on any atom is -0.351 e. The Morgan fingerprint density at radius 2 is 1.88 bits per heavy atom. The van der Waals surface area contributed by atoms with E-state index in [1.165, 1.54) is 5.56 Å². The molecule has 1 aromatic carbocycles. The van der Waals surface area contributed by atoms with Crippen LogP contribution < -0.4 is 5.36 Å². The zero-order chi connectivity index (χ0) is 11.4. The Morgan fingerprint density at radius 3 is 2.56 bits per heavy atom. The van der Waals surface area contributed by atoms with E-state index in [2.05, 4.69) is 28.8 Å². The Balaban J connectivity index is 2.08. The molecule has 82 valence electrons. The fourth-order valence-electron chi connectivity index (χ4n) is 1.79. The highest BCUT2D eigenvalue weighted by molar-refractivity contribution is 5.15. The van der Waals surface area contributed by atoms with Crippen LogP contribution in [0.25, 0.3) is 0 Å². The van der Waals surface area contributed by atoms with Gasteiger partial charge in [-0.3, -0.25) is 0 Å². The lowest BCUT2D eigenvalue weighted by atomic mass is 10.1. The van der Waals surface area contributed by atoms with E-state index in [1.54, 1.807) is 0 Å². The van der Waals surface area contributed by atoms with E-state index < -0.39 is 0 Å². The van der Waals surface area contributed by atoms with Crippen LogP contribution in [-0.4, -0.2) is 4.57 Å². The van der Waals surface area contributed by atoms with Gasteiger partial charge in [-0.1, -0.05) is 30.3 Å². The summed E-state index contributed by atoms with van der Waals surface area (Å²) < 4.78 is 2.19. The first-order valence-corrected chi connectivity index (χ1v) is 5.51. The van der Waals surface area contributed by atoms with Gasteiger partial charge in [0, 0.05) is 18.4 Å². The van der Waals surface area contributed by atoms with Gasteiger partial charge in [0.05, 0.1) is 5.36 Å². The van der Waals surface area contributed by atoms with Crippen molar-refractivity contribution in [2.45, 2.75) is 19.9 Å². The highest BCUT2D eigenvalue weighted by atomic mass is 14.9. The van der Waals surface area contributed by atoms with Crippen molar-refractivity contribution in [3.05, 3.63) is 65.3 Å². The maximum Gasteiger partial charge on any atom is 0.0571 e. The third-order valence-corrected chi connectivity index (χ3v) is 2.74. The number of nitrogens with one attached hydrogen (secondary N) is 1. The van der Waals surface area contributed by atoms with Gasteiger partial charge in [-0.25, -0.2) is 0 Å². The number of hydrogen-bond donors (Lipinski definition) is 1. The zero-order valence-electron chi connectivity index (χ0n) is 9.48. The van der Waals surface area contributed by atoms with E-state index in [0.717, 1.165) is 18.7 Å². The van der Waals surface area contributed by atoms with Crippen molar-refractivity contribution in [1.29, 1.82) is 5.41 Å². The molecule has 0 saturated heterocycles. The molecule has 0 spiro atoms. The molecule has 2 nitrogen and oxygen atoms in total. The van der Waals surface area contributed by atoms with E-state index in [1.807, 2.05) is 31.3 Å². The number of nitrogens with zero attached hydrogens (tertiary/aromatic N) is 1. The zero-order valence-corrected chi connectivity index (χ0v) is 9.48. The summed E-state index contributed by atoms with van der Waals surface area (Å²) in [6.07, 6.45) is 3.02. The molecule has 0 bridgehead atoms. The largest absolute Gasteiger partial charge is 0.351 e. The first-order valence-electron chi connectivity index (χ1n) is 5.51. The predicted octanol–water partition coefficient (Wildman–Crippen LogP) is 2.52. The Bertz CT molecular complexity index is 512. The molecule has 0 amide bonds. The molecule has 0 unspecified atom stereocenters. The molecule has 0 aliphatic carbocycles. The van der Waals surface area contributed by atoms with Crippen LogP contribution >= 0.6 is 0 Å². The molecule has 0 fully saturated rings. The first-order chi connectivity index (χ1) is 7.75. The lowest BCUT2D eigenvalue weighted by molar-refractivity contribution is 0.668. The number of hydrogen-bond acceptors (Lipinski definition) is 1. The van der Waals surface area contributed by atoms with Crippen molar-refractivity contribution in [2.75, 3.05) is 0 Å². The van der Waals surface area contributed by atoms with Crippen LogP contribution in [0.4, 0.5) is 0 Å². The van der Waals surface area contributed by atoms with E-state index in [0.29, 0.717) is 5.36 Å². The molecule has 0 radical (unpaired) electrons. The molecule has 0 aliphatic rings. The topological polar surface area (TPSA) is 28.8 Å². The molecule has 0 atom stereocenters. The van der Waals surface area contributed by atoms with Crippen LogP contribution in [0, 0.1) is 12.3 Å². The van der Waals surface area contributed by atoms with Crippen LogP contribution in [0.3, 0.4) is 0 Å². The van der Waals surface area contributed by atoms with Crippen LogP contribution in [0.15, 0.2) is 48.7 Å². The molecule has 1 heterocycles. The standard InChI is InChI=1S/C14H16N2/c1-12-11-14(15)8-10-16(12)9-7-13-5-3-2-4-6-13/h2-6,8,10-11,15H,7,9H2,1H3. The molecule has 1 N–H and O–H groups in total. The quantitative estimate of drug-likeness (QED) is 0.810. The van der Waals surface area contributed by atoms with Crippen LogP contribution in [0.1, 0.15) is 11.3 Å². The Morgan fingerprint density at radius 1 is 1.12 bits per heavy atom. The predicted molar refractivity (Wildman–Crippen MR) is 65.2 cm³/mol.